The number of para-hydroxylation sites is 3. The predicted molar refractivity (Wildman–Crippen MR) is 128 cm³/mol. The second kappa shape index (κ2) is 8.88. The Labute approximate surface area is 187 Å². The monoisotopic (exact) mass is 448 g/mol. The molecule has 1 aromatic heterocycles. The number of rotatable bonds is 7. The van der Waals surface area contributed by atoms with Crippen molar-refractivity contribution >= 4 is 38.1 Å². The largest absolute Gasteiger partial charge is 0.451 e. The number of furan rings is 1. The molecule has 0 saturated heterocycles. The van der Waals surface area contributed by atoms with E-state index in [9.17, 15) is 13.2 Å². The van der Waals surface area contributed by atoms with Crippen LogP contribution in [0.4, 0.5) is 11.4 Å². The van der Waals surface area contributed by atoms with Gasteiger partial charge in [0.25, 0.3) is 5.91 Å². The quantitative estimate of drug-likeness (QED) is 0.436. The van der Waals surface area contributed by atoms with Crippen molar-refractivity contribution in [2.24, 2.45) is 0 Å². The van der Waals surface area contributed by atoms with E-state index < -0.39 is 15.7 Å². The molecular formula is C25H24N2O4S. The molecule has 4 aromatic rings. The predicted octanol–water partition coefficient (Wildman–Crippen LogP) is 4.87. The first-order valence-corrected chi connectivity index (χ1v) is 12.2. The molecule has 0 spiro atoms. The van der Waals surface area contributed by atoms with E-state index in [0.29, 0.717) is 28.8 Å². The molecule has 0 aliphatic heterocycles. The van der Waals surface area contributed by atoms with Crippen molar-refractivity contribution in [1.29, 1.82) is 0 Å². The second-order valence-electron chi connectivity index (χ2n) is 7.79. The number of nitrogens with one attached hydrogen (secondary N) is 1. The lowest BCUT2D eigenvalue weighted by Crippen LogP contribution is -2.20. The summed E-state index contributed by atoms with van der Waals surface area (Å²) in [5.74, 6) is -0.750. The van der Waals surface area contributed by atoms with Crippen LogP contribution in [0, 0.1) is 0 Å². The number of carbonyl (C=O) groups is 1. The lowest BCUT2D eigenvalue weighted by molar-refractivity contribution is 0.0998. The summed E-state index contributed by atoms with van der Waals surface area (Å²) in [7, 11) is -1.42. The lowest BCUT2D eigenvalue weighted by atomic mass is 10.1. The van der Waals surface area contributed by atoms with Gasteiger partial charge < -0.3 is 14.6 Å². The molecule has 0 atom stereocenters. The summed E-state index contributed by atoms with van der Waals surface area (Å²) in [6, 6.07) is 24.6. The van der Waals surface area contributed by atoms with Crippen LogP contribution in [0.3, 0.4) is 0 Å². The summed E-state index contributed by atoms with van der Waals surface area (Å²) in [6.07, 6.45) is 1.14. The van der Waals surface area contributed by atoms with Gasteiger partial charge in [-0.1, -0.05) is 60.7 Å². The van der Waals surface area contributed by atoms with E-state index >= 15 is 0 Å². The number of amides is 1. The topological polar surface area (TPSA) is 79.6 Å². The Balaban J connectivity index is 1.65. The smallest absolute Gasteiger partial charge is 0.291 e. The highest BCUT2D eigenvalue weighted by Crippen LogP contribution is 2.30. The number of anilines is 2. The van der Waals surface area contributed by atoms with Crippen LogP contribution in [0.15, 0.2) is 83.3 Å². The van der Waals surface area contributed by atoms with Gasteiger partial charge in [-0.05, 0) is 23.8 Å². The molecule has 32 heavy (non-hydrogen) atoms. The van der Waals surface area contributed by atoms with Crippen molar-refractivity contribution in [2.45, 2.75) is 12.3 Å². The van der Waals surface area contributed by atoms with E-state index in [1.54, 1.807) is 24.3 Å². The van der Waals surface area contributed by atoms with E-state index in [2.05, 4.69) is 5.32 Å². The maximum absolute atomic E-state index is 13.2. The fourth-order valence-corrected chi connectivity index (χ4v) is 4.53. The zero-order valence-electron chi connectivity index (χ0n) is 17.9. The van der Waals surface area contributed by atoms with E-state index in [1.165, 1.54) is 0 Å². The Hall–Kier alpha value is -3.58. The summed E-state index contributed by atoms with van der Waals surface area (Å²) in [5.41, 5.74) is 3.44. The molecule has 0 aliphatic carbocycles. The minimum absolute atomic E-state index is 0.0112. The average molecular weight is 449 g/mol. The van der Waals surface area contributed by atoms with Gasteiger partial charge in [-0.3, -0.25) is 4.79 Å². The molecule has 0 bridgehead atoms. The van der Waals surface area contributed by atoms with Crippen LogP contribution in [0.2, 0.25) is 0 Å². The van der Waals surface area contributed by atoms with Gasteiger partial charge in [0.1, 0.15) is 5.58 Å². The van der Waals surface area contributed by atoms with Crippen molar-refractivity contribution in [3.05, 3.63) is 95.7 Å². The first-order valence-electron chi connectivity index (χ1n) is 10.2. The van der Waals surface area contributed by atoms with Crippen molar-refractivity contribution in [3.63, 3.8) is 0 Å². The minimum atomic E-state index is -3.37. The van der Waals surface area contributed by atoms with Crippen LogP contribution >= 0.6 is 0 Å². The van der Waals surface area contributed by atoms with Crippen molar-refractivity contribution in [2.75, 3.05) is 23.5 Å². The molecule has 0 saturated carbocycles. The van der Waals surface area contributed by atoms with Crippen LogP contribution in [0.5, 0.6) is 0 Å². The standard InChI is InChI=1S/C25H24N2O4S/c1-27(16-18-10-4-3-5-11-18)22-14-8-7-13-21(22)26-25(28)24-20(17-32(2,29)30)19-12-6-9-15-23(19)31-24/h3-15H,16-17H2,1-2H3,(H,26,28). The average Bonchev–Trinajstić information content (AvgIpc) is 3.12. The molecule has 164 valence electrons. The molecule has 4 rings (SSSR count). The van der Waals surface area contributed by atoms with Gasteiger partial charge in [0.15, 0.2) is 15.6 Å². The molecule has 0 unspecified atom stereocenters. The summed E-state index contributed by atoms with van der Waals surface area (Å²) >= 11 is 0. The van der Waals surface area contributed by atoms with Gasteiger partial charge in [0.2, 0.25) is 0 Å². The van der Waals surface area contributed by atoms with Crippen molar-refractivity contribution in [3.8, 4) is 0 Å². The van der Waals surface area contributed by atoms with Crippen LogP contribution < -0.4 is 10.2 Å². The van der Waals surface area contributed by atoms with E-state index in [4.69, 9.17) is 4.42 Å². The molecule has 0 fully saturated rings. The number of fused-ring (bicyclic) bond motifs is 1. The molecule has 1 amide bonds. The molecular weight excluding hydrogens is 424 g/mol. The summed E-state index contributed by atoms with van der Waals surface area (Å²) in [6.45, 7) is 0.664. The highest BCUT2D eigenvalue weighted by Gasteiger charge is 2.24. The van der Waals surface area contributed by atoms with Crippen LogP contribution in [0.1, 0.15) is 21.7 Å². The number of nitrogens with zero attached hydrogens (tertiary/aromatic N) is 1. The Morgan fingerprint density at radius 2 is 1.59 bits per heavy atom. The van der Waals surface area contributed by atoms with Gasteiger partial charge in [-0.15, -0.1) is 0 Å². The van der Waals surface area contributed by atoms with Gasteiger partial charge in [0.05, 0.1) is 17.1 Å². The lowest BCUT2D eigenvalue weighted by Gasteiger charge is -2.22. The SMILES string of the molecule is CN(Cc1ccccc1)c1ccccc1NC(=O)c1oc2ccccc2c1CS(C)(=O)=O. The normalized spacial score (nSPS) is 11.4. The maximum Gasteiger partial charge on any atom is 0.291 e. The summed E-state index contributed by atoms with van der Waals surface area (Å²) in [4.78, 5) is 15.2. The molecule has 1 N–H and O–H groups in total. The fourth-order valence-electron chi connectivity index (χ4n) is 3.72. The van der Waals surface area contributed by atoms with Crippen LogP contribution in [-0.4, -0.2) is 27.6 Å². The van der Waals surface area contributed by atoms with Crippen molar-refractivity contribution in [1.82, 2.24) is 0 Å². The Morgan fingerprint density at radius 1 is 0.938 bits per heavy atom. The first kappa shape index (κ1) is 21.6. The molecule has 0 aliphatic rings. The van der Waals surface area contributed by atoms with Crippen molar-refractivity contribution < 1.29 is 17.6 Å². The summed E-state index contributed by atoms with van der Waals surface area (Å²) < 4.78 is 29.8. The molecule has 6 nitrogen and oxygen atoms in total. The number of carbonyl (C=O) groups excluding carboxylic acids is 1. The molecule has 0 radical (unpaired) electrons. The molecule has 7 heteroatoms. The first-order chi connectivity index (χ1) is 15.3. The maximum atomic E-state index is 13.2. The molecule has 3 aromatic carbocycles. The summed E-state index contributed by atoms with van der Waals surface area (Å²) in [5, 5.41) is 3.53. The number of hydrogen-bond donors (Lipinski definition) is 1. The van der Waals surface area contributed by atoms with Gasteiger partial charge in [-0.25, -0.2) is 8.42 Å². The Bertz CT molecular complexity index is 1360. The minimum Gasteiger partial charge on any atom is -0.451 e. The highest BCUT2D eigenvalue weighted by molar-refractivity contribution is 7.89. The fraction of sp³-hybridized carbons (Fsp3) is 0.160. The third-order valence-corrected chi connectivity index (χ3v) is 5.95. The highest BCUT2D eigenvalue weighted by atomic mass is 32.2. The number of benzene rings is 3. The zero-order chi connectivity index (χ0) is 22.7. The van der Waals surface area contributed by atoms with Crippen LogP contribution in [0.25, 0.3) is 11.0 Å². The second-order valence-corrected chi connectivity index (χ2v) is 9.93. The Morgan fingerprint density at radius 3 is 2.34 bits per heavy atom. The van der Waals surface area contributed by atoms with E-state index in [1.807, 2.05) is 66.5 Å². The third kappa shape index (κ3) is 4.84. The number of sulfone groups is 1. The van der Waals surface area contributed by atoms with E-state index in [-0.39, 0.29) is 11.5 Å². The third-order valence-electron chi connectivity index (χ3n) is 5.14. The van der Waals surface area contributed by atoms with Crippen LogP contribution in [-0.2, 0) is 22.1 Å². The molecule has 1 heterocycles. The zero-order valence-corrected chi connectivity index (χ0v) is 18.7. The van der Waals surface area contributed by atoms with E-state index in [0.717, 1.165) is 17.5 Å². The number of hydrogen-bond acceptors (Lipinski definition) is 5. The van der Waals surface area contributed by atoms with Gasteiger partial charge in [0, 0.05) is 30.8 Å². The van der Waals surface area contributed by atoms with Gasteiger partial charge in [-0.2, -0.15) is 0 Å². The van der Waals surface area contributed by atoms with Gasteiger partial charge >= 0.3 is 0 Å². The Kier molecular flexibility index (Phi) is 6.01.